The highest BCUT2D eigenvalue weighted by atomic mass is 16.5. The molecule has 0 aromatic heterocycles. The Morgan fingerprint density at radius 1 is 0.470 bits per heavy atom. The fourth-order valence-corrected chi connectivity index (χ4v) is 7.41. The van der Waals surface area contributed by atoms with Gasteiger partial charge in [0.15, 0.2) is 0 Å². The second-order valence-electron chi connectivity index (χ2n) is 17.6. The minimum atomic E-state index is -1.39. The van der Waals surface area contributed by atoms with E-state index < -0.39 is 24.5 Å². The molecule has 0 radical (unpaired) electrons. The Labute approximate surface area is 403 Å². The molecule has 0 heterocycles. The zero-order valence-corrected chi connectivity index (χ0v) is 41.9. The summed E-state index contributed by atoms with van der Waals surface area (Å²) in [7, 11) is 0. The van der Waals surface area contributed by atoms with Crippen molar-refractivity contribution >= 4 is 23.8 Å². The fraction of sp³-hybridized carbons (Fsp3) is 0.684. The predicted octanol–water partition coefficient (Wildman–Crippen LogP) is 14.4. The van der Waals surface area contributed by atoms with E-state index in [9.17, 15) is 19.2 Å². The maximum absolute atomic E-state index is 12.9. The monoisotopic (exact) mass is 921 g/mol. The maximum atomic E-state index is 12.9. The first-order valence-corrected chi connectivity index (χ1v) is 26.5. The van der Waals surface area contributed by atoms with E-state index in [0.29, 0.717) is 12.8 Å². The largest absolute Gasteiger partial charge is 0.480 e. The van der Waals surface area contributed by atoms with Gasteiger partial charge in [0.1, 0.15) is 12.1 Å². The Bertz CT molecular complexity index is 1380. The number of allylic oxidation sites excluding steroid dienone is 14. The standard InChI is InChI=1S/C57H96N2O7/c1-3-5-7-9-11-13-15-17-19-20-21-22-23-24-25-26-28-30-32-34-36-41-45-49-56(63)66-52(46-42-38-35-33-31-29-27-18-16-14-12-10-8-6-4-2)47-43-39-37-40-44-48-54(61)58-50-55(62)59-53(51-60)57(64)65/h5,7,11,13,17,19,21-22,24-25,28,30,34,36,52-53,60H,3-4,6,8-10,12,14-16,18,20,23,26-27,29,31-33,35,37-51H2,1-2H3,(H,58,61)(H,59,62)(H,64,65)/b7-5-,13-11-,19-17-,22-21-,25-24-,30-28-,36-34-. The van der Waals surface area contributed by atoms with Crippen LogP contribution in [0.15, 0.2) is 85.1 Å². The number of unbranched alkanes of at least 4 members (excludes halogenated alkanes) is 19. The molecule has 0 saturated carbocycles. The molecule has 0 bridgehead atoms. The van der Waals surface area contributed by atoms with Crippen LogP contribution in [0.5, 0.6) is 0 Å². The number of rotatable bonds is 47. The first-order valence-electron chi connectivity index (χ1n) is 26.5. The third-order valence-electron chi connectivity index (χ3n) is 11.4. The molecule has 0 fully saturated rings. The molecule has 2 unspecified atom stereocenters. The molecular formula is C57H96N2O7. The van der Waals surface area contributed by atoms with Crippen molar-refractivity contribution in [3.63, 3.8) is 0 Å². The first kappa shape index (κ1) is 62.0. The minimum Gasteiger partial charge on any atom is -0.480 e. The summed E-state index contributed by atoms with van der Waals surface area (Å²) in [4.78, 5) is 47.8. The van der Waals surface area contributed by atoms with Gasteiger partial charge in [-0.2, -0.15) is 0 Å². The van der Waals surface area contributed by atoms with Gasteiger partial charge in [0.25, 0.3) is 0 Å². The molecule has 0 aromatic carbocycles. The summed E-state index contributed by atoms with van der Waals surface area (Å²) in [5.74, 6) is -2.36. The normalized spacial score (nSPS) is 13.1. The second-order valence-corrected chi connectivity index (χ2v) is 17.6. The fourth-order valence-electron chi connectivity index (χ4n) is 7.41. The van der Waals surface area contributed by atoms with Crippen LogP contribution in [-0.2, 0) is 23.9 Å². The van der Waals surface area contributed by atoms with E-state index in [-0.39, 0.29) is 30.9 Å². The highest BCUT2D eigenvalue weighted by molar-refractivity contribution is 5.87. The summed E-state index contributed by atoms with van der Waals surface area (Å²) in [5, 5.41) is 22.6. The summed E-state index contributed by atoms with van der Waals surface area (Å²) >= 11 is 0. The Morgan fingerprint density at radius 3 is 1.27 bits per heavy atom. The number of ether oxygens (including phenoxy) is 1. The summed E-state index contributed by atoms with van der Waals surface area (Å²) in [6, 6.07) is -1.39. The average molecular weight is 921 g/mol. The molecule has 0 rings (SSSR count). The lowest BCUT2D eigenvalue weighted by Crippen LogP contribution is -2.47. The van der Waals surface area contributed by atoms with Crippen LogP contribution in [0.2, 0.25) is 0 Å². The molecule has 0 spiro atoms. The number of aliphatic carboxylic acids is 1. The lowest BCUT2D eigenvalue weighted by molar-refractivity contribution is -0.150. The summed E-state index contributed by atoms with van der Waals surface area (Å²) in [6.45, 7) is 3.38. The number of hydrogen-bond acceptors (Lipinski definition) is 6. The van der Waals surface area contributed by atoms with Crippen LogP contribution >= 0.6 is 0 Å². The molecule has 0 aliphatic heterocycles. The van der Waals surface area contributed by atoms with E-state index in [0.717, 1.165) is 103 Å². The van der Waals surface area contributed by atoms with Crippen molar-refractivity contribution in [1.82, 2.24) is 10.6 Å². The molecule has 0 aromatic rings. The van der Waals surface area contributed by atoms with Crippen LogP contribution in [0, 0.1) is 0 Å². The van der Waals surface area contributed by atoms with Gasteiger partial charge >= 0.3 is 11.9 Å². The molecule has 0 saturated heterocycles. The predicted molar refractivity (Wildman–Crippen MR) is 277 cm³/mol. The quantitative estimate of drug-likeness (QED) is 0.0270. The van der Waals surface area contributed by atoms with Gasteiger partial charge in [-0.1, -0.05) is 208 Å². The molecule has 2 amide bonds. The van der Waals surface area contributed by atoms with E-state index in [2.05, 4.69) is 110 Å². The van der Waals surface area contributed by atoms with Gasteiger partial charge in [0.2, 0.25) is 11.8 Å². The van der Waals surface area contributed by atoms with E-state index in [1.807, 2.05) is 0 Å². The SMILES string of the molecule is CC/C=C\C/C=C\C/C=C\C/C=C\C/C=C\C/C=C\C/C=C\CCCC(=O)OC(CCCCCCCCCCCCCCCCC)CCCCCCCC(=O)NCC(=O)NC(CO)C(=O)O. The zero-order valence-electron chi connectivity index (χ0n) is 41.9. The van der Waals surface area contributed by atoms with Gasteiger partial charge in [-0.15, -0.1) is 0 Å². The van der Waals surface area contributed by atoms with Crippen molar-refractivity contribution in [2.75, 3.05) is 13.2 Å². The zero-order chi connectivity index (χ0) is 48.2. The molecule has 0 aliphatic rings. The number of carbonyl (C=O) groups is 4. The smallest absolute Gasteiger partial charge is 0.328 e. The van der Waals surface area contributed by atoms with Crippen molar-refractivity contribution < 1.29 is 34.1 Å². The molecule has 0 aliphatic carbocycles. The number of hydrogen-bond donors (Lipinski definition) is 4. The Morgan fingerprint density at radius 2 is 0.864 bits per heavy atom. The second kappa shape index (κ2) is 50.4. The van der Waals surface area contributed by atoms with Gasteiger partial charge in [0, 0.05) is 12.8 Å². The van der Waals surface area contributed by atoms with E-state index in [4.69, 9.17) is 14.9 Å². The topological polar surface area (TPSA) is 142 Å². The van der Waals surface area contributed by atoms with Crippen molar-refractivity contribution in [2.24, 2.45) is 0 Å². The summed E-state index contributed by atoms with van der Waals surface area (Å²) in [6.07, 6.45) is 66.2. The summed E-state index contributed by atoms with van der Waals surface area (Å²) < 4.78 is 6.05. The Kier molecular flexibility index (Phi) is 47.4. The third-order valence-corrected chi connectivity index (χ3v) is 11.4. The highest BCUT2D eigenvalue weighted by Gasteiger charge is 2.19. The van der Waals surface area contributed by atoms with Crippen molar-refractivity contribution in [3.8, 4) is 0 Å². The number of aliphatic hydroxyl groups is 1. The van der Waals surface area contributed by atoms with Crippen molar-refractivity contribution in [3.05, 3.63) is 85.1 Å². The molecular weight excluding hydrogens is 825 g/mol. The number of amides is 2. The first-order chi connectivity index (χ1) is 32.3. The van der Waals surface area contributed by atoms with E-state index in [1.54, 1.807) is 0 Å². The van der Waals surface area contributed by atoms with Crippen LogP contribution in [-0.4, -0.2) is 59.3 Å². The van der Waals surface area contributed by atoms with Crippen molar-refractivity contribution in [2.45, 2.75) is 238 Å². The maximum Gasteiger partial charge on any atom is 0.328 e. The molecule has 2 atom stereocenters. The molecule has 376 valence electrons. The number of nitrogens with one attached hydrogen (secondary N) is 2. The van der Waals surface area contributed by atoms with Crippen LogP contribution in [0.4, 0.5) is 0 Å². The van der Waals surface area contributed by atoms with Crippen LogP contribution in [0.3, 0.4) is 0 Å². The Balaban J connectivity index is 4.42. The van der Waals surface area contributed by atoms with E-state index in [1.165, 1.54) is 89.9 Å². The number of esters is 1. The van der Waals surface area contributed by atoms with Crippen LogP contribution < -0.4 is 10.6 Å². The molecule has 4 N–H and O–H groups in total. The number of aliphatic hydroxyl groups excluding tert-OH is 1. The molecule has 9 heteroatoms. The highest BCUT2D eigenvalue weighted by Crippen LogP contribution is 2.19. The summed E-state index contributed by atoms with van der Waals surface area (Å²) in [5.41, 5.74) is 0. The average Bonchev–Trinajstić information content (AvgIpc) is 3.30. The number of carbonyl (C=O) groups excluding carboxylic acids is 3. The van der Waals surface area contributed by atoms with E-state index >= 15 is 0 Å². The van der Waals surface area contributed by atoms with Gasteiger partial charge in [-0.25, -0.2) is 4.79 Å². The van der Waals surface area contributed by atoms with Gasteiger partial charge < -0.3 is 25.6 Å². The number of carboxylic acid groups (broad SMARTS) is 1. The Hall–Kier alpha value is -3.98. The number of carboxylic acids is 1. The van der Waals surface area contributed by atoms with Crippen LogP contribution in [0.25, 0.3) is 0 Å². The molecule has 9 nitrogen and oxygen atoms in total. The van der Waals surface area contributed by atoms with Gasteiger partial charge in [-0.3, -0.25) is 14.4 Å². The lowest BCUT2D eigenvalue weighted by atomic mass is 10.0. The van der Waals surface area contributed by atoms with Crippen molar-refractivity contribution in [1.29, 1.82) is 0 Å². The third kappa shape index (κ3) is 46.5. The van der Waals surface area contributed by atoms with Crippen LogP contribution in [0.1, 0.15) is 226 Å². The lowest BCUT2D eigenvalue weighted by Gasteiger charge is -2.18. The minimum absolute atomic E-state index is 0.0494. The van der Waals surface area contributed by atoms with Gasteiger partial charge in [0.05, 0.1) is 13.2 Å². The molecule has 66 heavy (non-hydrogen) atoms. The van der Waals surface area contributed by atoms with Gasteiger partial charge in [-0.05, 0) is 89.9 Å².